The molecule has 9 nitrogen and oxygen atoms in total. The van der Waals surface area contributed by atoms with E-state index in [0.29, 0.717) is 6.42 Å². The van der Waals surface area contributed by atoms with E-state index in [1.165, 1.54) is 0 Å². The topological polar surface area (TPSA) is 128 Å². The lowest BCUT2D eigenvalue weighted by atomic mass is 9.87. The van der Waals surface area contributed by atoms with Gasteiger partial charge in [0.1, 0.15) is 0 Å². The Kier molecular flexibility index (Phi) is 8.13. The molecule has 1 aromatic rings. The minimum absolute atomic E-state index is 0.109. The van der Waals surface area contributed by atoms with Crippen LogP contribution in [0.4, 0.5) is 10.5 Å². The van der Waals surface area contributed by atoms with Crippen LogP contribution in [0, 0.1) is 0 Å². The number of amides is 2. The van der Waals surface area contributed by atoms with Crippen molar-refractivity contribution >= 4 is 27.7 Å². The fourth-order valence-electron chi connectivity index (χ4n) is 4.79. The third-order valence-electron chi connectivity index (χ3n) is 6.32. The van der Waals surface area contributed by atoms with E-state index >= 15 is 0 Å². The number of benzene rings is 1. The molecule has 1 heterocycles. The molecule has 0 aromatic heterocycles. The van der Waals surface area contributed by atoms with Crippen molar-refractivity contribution in [1.82, 2.24) is 15.4 Å². The van der Waals surface area contributed by atoms with Gasteiger partial charge in [-0.1, -0.05) is 25.1 Å². The van der Waals surface area contributed by atoms with E-state index < -0.39 is 16.1 Å². The molecule has 0 bridgehead atoms. The van der Waals surface area contributed by atoms with Crippen molar-refractivity contribution in [2.45, 2.75) is 76.5 Å². The first-order chi connectivity index (χ1) is 15.2. The number of carboxylic acid groups (broad SMARTS) is 1. The minimum atomic E-state index is -3.52. The van der Waals surface area contributed by atoms with Crippen molar-refractivity contribution in [2.75, 3.05) is 17.2 Å². The lowest BCUT2D eigenvalue weighted by Gasteiger charge is -2.41. The van der Waals surface area contributed by atoms with E-state index in [0.717, 1.165) is 43.4 Å². The number of para-hydroxylation sites is 1. The summed E-state index contributed by atoms with van der Waals surface area (Å²) in [6.45, 7) is 3.85. The molecular formula is C22H34N4O5S. The number of carbonyl (C=O) groups excluding carboxylic acids is 1. The Morgan fingerprint density at radius 3 is 2.44 bits per heavy atom. The van der Waals surface area contributed by atoms with Gasteiger partial charge in [0.2, 0.25) is 15.9 Å². The van der Waals surface area contributed by atoms with Crippen LogP contribution in [-0.2, 0) is 14.8 Å². The Morgan fingerprint density at radius 2 is 1.78 bits per heavy atom. The van der Waals surface area contributed by atoms with E-state index in [1.807, 2.05) is 30.0 Å². The first-order valence-electron chi connectivity index (χ1n) is 11.3. The molecule has 1 fully saturated rings. The van der Waals surface area contributed by atoms with Crippen molar-refractivity contribution in [1.29, 1.82) is 0 Å². The monoisotopic (exact) mass is 466 g/mol. The summed E-state index contributed by atoms with van der Waals surface area (Å²) in [5, 5.41) is 14.4. The van der Waals surface area contributed by atoms with Gasteiger partial charge in [-0.25, -0.2) is 17.9 Å². The zero-order chi connectivity index (χ0) is 23.3. The summed E-state index contributed by atoms with van der Waals surface area (Å²) < 4.78 is 27.0. The van der Waals surface area contributed by atoms with Crippen LogP contribution < -0.4 is 20.3 Å². The van der Waals surface area contributed by atoms with Crippen molar-refractivity contribution in [2.24, 2.45) is 0 Å². The van der Waals surface area contributed by atoms with Crippen molar-refractivity contribution < 1.29 is 23.1 Å². The Balaban J connectivity index is 1.56. The number of hydrogen-bond acceptors (Lipinski definition) is 5. The third kappa shape index (κ3) is 6.20. The number of hydrogen-bond donors (Lipinski definition) is 4. The molecule has 0 spiro atoms. The van der Waals surface area contributed by atoms with Gasteiger partial charge in [0, 0.05) is 42.8 Å². The van der Waals surface area contributed by atoms with Gasteiger partial charge < -0.3 is 20.6 Å². The van der Waals surface area contributed by atoms with E-state index in [9.17, 15) is 18.0 Å². The van der Waals surface area contributed by atoms with Gasteiger partial charge in [0.05, 0.1) is 5.75 Å². The van der Waals surface area contributed by atoms with Gasteiger partial charge in [-0.15, -0.1) is 0 Å². The maximum atomic E-state index is 12.5. The Bertz CT molecular complexity index is 915. The number of carbonyl (C=O) groups is 2. The number of nitrogens with one attached hydrogen (secondary N) is 3. The van der Waals surface area contributed by atoms with Gasteiger partial charge in [-0.3, -0.25) is 4.79 Å². The smallest absolute Gasteiger partial charge is 0.404 e. The van der Waals surface area contributed by atoms with Gasteiger partial charge in [0.15, 0.2) is 0 Å². The maximum Gasteiger partial charge on any atom is 0.404 e. The summed E-state index contributed by atoms with van der Waals surface area (Å²) in [7, 11) is -3.52. The zero-order valence-electron chi connectivity index (χ0n) is 18.7. The molecule has 2 aliphatic rings. The number of anilines is 1. The number of sulfonamides is 1. The fourth-order valence-corrected chi connectivity index (χ4v) is 6.02. The Labute approximate surface area is 190 Å². The maximum absolute atomic E-state index is 12.5. The normalized spacial score (nSPS) is 25.8. The molecule has 1 aliphatic heterocycles. The number of rotatable bonds is 8. The highest BCUT2D eigenvalue weighted by Crippen LogP contribution is 2.38. The second kappa shape index (κ2) is 10.6. The van der Waals surface area contributed by atoms with E-state index in [4.69, 9.17) is 5.11 Å². The highest BCUT2D eigenvalue weighted by Gasteiger charge is 2.34. The van der Waals surface area contributed by atoms with Crippen molar-refractivity contribution in [3.63, 3.8) is 0 Å². The minimum Gasteiger partial charge on any atom is -0.465 e. The lowest BCUT2D eigenvalue weighted by molar-refractivity contribution is -0.118. The lowest BCUT2D eigenvalue weighted by Crippen LogP contribution is -2.48. The summed E-state index contributed by atoms with van der Waals surface area (Å²) >= 11 is 0. The highest BCUT2D eigenvalue weighted by molar-refractivity contribution is 7.89. The van der Waals surface area contributed by atoms with Crippen LogP contribution in [0.1, 0.15) is 64.0 Å². The molecule has 4 N–H and O–H groups in total. The molecule has 0 saturated heterocycles. The Hall–Kier alpha value is -2.17. The van der Waals surface area contributed by atoms with Crippen molar-refractivity contribution in [3.8, 4) is 0 Å². The molecule has 1 aromatic carbocycles. The van der Waals surface area contributed by atoms with Gasteiger partial charge in [-0.05, 0) is 50.7 Å². The summed E-state index contributed by atoms with van der Waals surface area (Å²) in [4.78, 5) is 24.9. The predicted molar refractivity (Wildman–Crippen MR) is 123 cm³/mol. The van der Waals surface area contributed by atoms with Crippen LogP contribution in [0.5, 0.6) is 0 Å². The quantitative estimate of drug-likeness (QED) is 0.466. The molecule has 1 aliphatic carbocycles. The number of fused-ring (bicyclic) bond motifs is 1. The molecule has 2 amide bonds. The van der Waals surface area contributed by atoms with Crippen LogP contribution in [0.25, 0.3) is 0 Å². The molecular weight excluding hydrogens is 432 g/mol. The average Bonchev–Trinajstić information content (AvgIpc) is 2.74. The average molecular weight is 467 g/mol. The summed E-state index contributed by atoms with van der Waals surface area (Å²) in [6, 6.07) is 8.48. The molecule has 0 unspecified atom stereocenters. The van der Waals surface area contributed by atoms with Gasteiger partial charge in [-0.2, -0.15) is 0 Å². The summed E-state index contributed by atoms with van der Waals surface area (Å²) in [6.07, 6.45) is 3.25. The van der Waals surface area contributed by atoms with E-state index in [1.54, 1.807) is 0 Å². The second-order valence-corrected chi connectivity index (χ2v) is 10.6. The van der Waals surface area contributed by atoms with Crippen LogP contribution in [0.15, 0.2) is 24.3 Å². The third-order valence-corrected chi connectivity index (χ3v) is 7.75. The number of nitrogens with zero attached hydrogens (tertiary/aromatic N) is 1. The molecule has 10 heteroatoms. The molecule has 1 saturated carbocycles. The largest absolute Gasteiger partial charge is 0.465 e. The standard InChI is InChI=1S/C22H34N4O5S/c1-3-21(27)26-15(2)14-19(18-6-4-5-7-20(18)26)24-16-8-10-17(11-9-16)25-32(30,31)13-12-23-22(28)29/h4-7,15-17,19,23-25H,3,8-14H2,1-2H3,(H,28,29)/t15-,16?,17?,19+/m0/s1. The Morgan fingerprint density at radius 1 is 1.12 bits per heavy atom. The first-order valence-corrected chi connectivity index (χ1v) is 13.0. The predicted octanol–water partition coefficient (Wildman–Crippen LogP) is 2.35. The molecule has 3 rings (SSSR count). The zero-order valence-corrected chi connectivity index (χ0v) is 19.5. The summed E-state index contributed by atoms with van der Waals surface area (Å²) in [5.41, 5.74) is 2.12. The molecule has 178 valence electrons. The van der Waals surface area contributed by atoms with Crippen LogP contribution in [-0.4, -0.2) is 55.9 Å². The van der Waals surface area contributed by atoms with E-state index in [2.05, 4.69) is 28.3 Å². The van der Waals surface area contributed by atoms with Crippen LogP contribution in [0.2, 0.25) is 0 Å². The van der Waals surface area contributed by atoms with E-state index in [-0.39, 0.29) is 42.4 Å². The van der Waals surface area contributed by atoms with Gasteiger partial charge in [0.25, 0.3) is 0 Å². The van der Waals surface area contributed by atoms with Crippen LogP contribution >= 0.6 is 0 Å². The molecule has 32 heavy (non-hydrogen) atoms. The van der Waals surface area contributed by atoms with Crippen LogP contribution in [0.3, 0.4) is 0 Å². The highest BCUT2D eigenvalue weighted by atomic mass is 32.2. The SMILES string of the molecule is CCC(=O)N1c2ccccc2[C@H](NC2CCC(NS(=O)(=O)CCNC(=O)O)CC2)C[C@@H]1C. The van der Waals surface area contributed by atoms with Crippen molar-refractivity contribution in [3.05, 3.63) is 29.8 Å². The molecule has 0 radical (unpaired) electrons. The fraction of sp³-hybridized carbons (Fsp3) is 0.636. The summed E-state index contributed by atoms with van der Waals surface area (Å²) in [5.74, 6) is -0.129. The second-order valence-electron chi connectivity index (χ2n) is 8.70. The first kappa shape index (κ1) is 24.5. The van der Waals surface area contributed by atoms with Gasteiger partial charge >= 0.3 is 6.09 Å². The molecule has 2 atom stereocenters.